The second-order valence-corrected chi connectivity index (χ2v) is 5.99. The number of hydrogen-bond acceptors (Lipinski definition) is 1. The SMILES string of the molecule is CC(=O)Nc1ccc2c3c1ccc1cccc(c13)CC2C. The van der Waals surface area contributed by atoms with E-state index in [4.69, 9.17) is 0 Å². The highest BCUT2D eigenvalue weighted by atomic mass is 16.1. The molecule has 21 heavy (non-hydrogen) atoms. The number of benzene rings is 3. The number of rotatable bonds is 1. The van der Waals surface area contributed by atoms with Crippen molar-refractivity contribution < 1.29 is 4.79 Å². The van der Waals surface area contributed by atoms with Gasteiger partial charge in [0.1, 0.15) is 0 Å². The van der Waals surface area contributed by atoms with Crippen LogP contribution in [0, 0.1) is 0 Å². The van der Waals surface area contributed by atoms with Crippen molar-refractivity contribution >= 4 is 33.1 Å². The van der Waals surface area contributed by atoms with Crippen LogP contribution in [0.1, 0.15) is 30.9 Å². The molecule has 4 rings (SSSR count). The molecule has 0 bridgehead atoms. The molecule has 0 spiro atoms. The van der Waals surface area contributed by atoms with E-state index in [2.05, 4.69) is 48.6 Å². The van der Waals surface area contributed by atoms with Crippen LogP contribution in [0.2, 0.25) is 0 Å². The van der Waals surface area contributed by atoms with Gasteiger partial charge >= 0.3 is 0 Å². The van der Waals surface area contributed by atoms with E-state index in [1.54, 1.807) is 6.92 Å². The highest BCUT2D eigenvalue weighted by molar-refractivity contribution is 6.16. The van der Waals surface area contributed by atoms with Crippen LogP contribution in [0.15, 0.2) is 42.5 Å². The molecule has 0 aliphatic heterocycles. The Kier molecular flexibility index (Phi) is 2.55. The molecular weight excluding hydrogens is 258 g/mol. The fourth-order valence-electron chi connectivity index (χ4n) is 3.64. The van der Waals surface area contributed by atoms with Crippen molar-refractivity contribution in [1.29, 1.82) is 0 Å². The third-order valence-electron chi connectivity index (χ3n) is 4.51. The molecule has 1 N–H and O–H groups in total. The fourth-order valence-corrected chi connectivity index (χ4v) is 3.64. The largest absolute Gasteiger partial charge is 0.326 e. The van der Waals surface area contributed by atoms with Crippen LogP contribution in [0.5, 0.6) is 0 Å². The maximum atomic E-state index is 11.4. The first kappa shape index (κ1) is 12.4. The van der Waals surface area contributed by atoms with Crippen LogP contribution in [0.3, 0.4) is 0 Å². The minimum atomic E-state index is -0.0254. The molecule has 1 aliphatic carbocycles. The van der Waals surface area contributed by atoms with Crippen molar-refractivity contribution in [2.75, 3.05) is 5.32 Å². The molecule has 1 amide bonds. The Morgan fingerprint density at radius 2 is 1.95 bits per heavy atom. The lowest BCUT2D eigenvalue weighted by Crippen LogP contribution is -2.10. The second kappa shape index (κ2) is 4.32. The predicted molar refractivity (Wildman–Crippen MR) is 87.9 cm³/mol. The number of amides is 1. The number of nitrogens with one attached hydrogen (secondary N) is 1. The summed E-state index contributed by atoms with van der Waals surface area (Å²) in [6.45, 7) is 3.84. The van der Waals surface area contributed by atoms with Crippen LogP contribution < -0.4 is 5.32 Å². The van der Waals surface area contributed by atoms with E-state index in [0.717, 1.165) is 17.5 Å². The van der Waals surface area contributed by atoms with Crippen LogP contribution >= 0.6 is 0 Å². The zero-order valence-electron chi connectivity index (χ0n) is 12.2. The number of anilines is 1. The lowest BCUT2D eigenvalue weighted by atomic mass is 9.80. The van der Waals surface area contributed by atoms with Gasteiger partial charge in [-0.25, -0.2) is 0 Å². The molecule has 0 fully saturated rings. The second-order valence-electron chi connectivity index (χ2n) is 5.99. The molecule has 0 radical (unpaired) electrons. The van der Waals surface area contributed by atoms with Crippen LogP contribution in [0.25, 0.3) is 21.5 Å². The average molecular weight is 275 g/mol. The Balaban J connectivity index is 2.18. The zero-order valence-corrected chi connectivity index (χ0v) is 12.2. The van der Waals surface area contributed by atoms with E-state index in [9.17, 15) is 4.79 Å². The molecule has 0 saturated heterocycles. The molecule has 3 aromatic rings. The van der Waals surface area contributed by atoms with Gasteiger partial charge in [0.15, 0.2) is 0 Å². The quantitative estimate of drug-likeness (QED) is 0.645. The molecule has 0 saturated carbocycles. The van der Waals surface area contributed by atoms with Gasteiger partial charge in [-0.15, -0.1) is 0 Å². The van der Waals surface area contributed by atoms with Crippen LogP contribution in [0.4, 0.5) is 5.69 Å². The van der Waals surface area contributed by atoms with Gasteiger partial charge in [-0.1, -0.05) is 43.3 Å². The number of carbonyl (C=O) groups excluding carboxylic acids is 1. The third-order valence-corrected chi connectivity index (χ3v) is 4.51. The summed E-state index contributed by atoms with van der Waals surface area (Å²) in [4.78, 5) is 11.4. The van der Waals surface area contributed by atoms with Gasteiger partial charge in [-0.2, -0.15) is 0 Å². The highest BCUT2D eigenvalue weighted by Crippen LogP contribution is 2.42. The molecule has 0 heterocycles. The van der Waals surface area contributed by atoms with Gasteiger partial charge in [-0.05, 0) is 45.7 Å². The van der Waals surface area contributed by atoms with Gasteiger partial charge in [0.25, 0.3) is 0 Å². The zero-order chi connectivity index (χ0) is 14.6. The van der Waals surface area contributed by atoms with Crippen molar-refractivity contribution in [1.82, 2.24) is 0 Å². The fraction of sp³-hybridized carbons (Fsp3) is 0.211. The topological polar surface area (TPSA) is 29.1 Å². The predicted octanol–water partition coefficient (Wildman–Crippen LogP) is 4.61. The van der Waals surface area contributed by atoms with E-state index < -0.39 is 0 Å². The summed E-state index contributed by atoms with van der Waals surface area (Å²) in [7, 11) is 0. The molecule has 0 aromatic heterocycles. The molecular formula is C19H17NO. The van der Waals surface area contributed by atoms with Gasteiger partial charge in [-0.3, -0.25) is 4.79 Å². The summed E-state index contributed by atoms with van der Waals surface area (Å²) < 4.78 is 0. The summed E-state index contributed by atoms with van der Waals surface area (Å²) in [6.07, 6.45) is 1.09. The Labute approximate surface area is 123 Å². The molecule has 1 aliphatic rings. The van der Waals surface area contributed by atoms with E-state index >= 15 is 0 Å². The molecule has 2 nitrogen and oxygen atoms in total. The van der Waals surface area contributed by atoms with E-state index in [1.165, 1.54) is 27.3 Å². The minimum absolute atomic E-state index is 0.0254. The van der Waals surface area contributed by atoms with Crippen LogP contribution in [-0.4, -0.2) is 5.91 Å². The van der Waals surface area contributed by atoms with Crippen LogP contribution in [-0.2, 0) is 11.2 Å². The first-order valence-electron chi connectivity index (χ1n) is 7.40. The number of hydrogen-bond donors (Lipinski definition) is 1. The summed E-state index contributed by atoms with van der Waals surface area (Å²) >= 11 is 0. The van der Waals surface area contributed by atoms with Crippen molar-refractivity contribution in [2.45, 2.75) is 26.2 Å². The van der Waals surface area contributed by atoms with Gasteiger partial charge in [0.05, 0.1) is 0 Å². The van der Waals surface area contributed by atoms with Crippen molar-refractivity contribution in [3.63, 3.8) is 0 Å². The lowest BCUT2D eigenvalue weighted by molar-refractivity contribution is -0.114. The summed E-state index contributed by atoms with van der Waals surface area (Å²) in [6, 6.07) is 15.0. The highest BCUT2D eigenvalue weighted by Gasteiger charge is 2.21. The van der Waals surface area contributed by atoms with Crippen molar-refractivity contribution in [3.05, 3.63) is 53.6 Å². The summed E-state index contributed by atoms with van der Waals surface area (Å²) in [5.41, 5.74) is 3.72. The van der Waals surface area contributed by atoms with E-state index in [1.807, 2.05) is 6.07 Å². The molecule has 1 atom stereocenters. The monoisotopic (exact) mass is 275 g/mol. The maximum absolute atomic E-state index is 11.4. The normalized spacial score (nSPS) is 16.6. The average Bonchev–Trinajstić information content (AvgIpc) is 2.46. The van der Waals surface area contributed by atoms with Gasteiger partial charge < -0.3 is 5.32 Å². The van der Waals surface area contributed by atoms with Crippen molar-refractivity contribution in [2.24, 2.45) is 0 Å². The molecule has 2 heteroatoms. The third kappa shape index (κ3) is 1.75. The number of carbonyl (C=O) groups is 1. The molecule has 1 unspecified atom stereocenters. The Hall–Kier alpha value is -2.35. The summed E-state index contributed by atoms with van der Waals surface area (Å²) in [5, 5.41) is 8.06. The lowest BCUT2D eigenvalue weighted by Gasteiger charge is -2.25. The van der Waals surface area contributed by atoms with E-state index in [0.29, 0.717) is 5.92 Å². The standard InChI is InChI=1S/C19H17NO/c1-11-10-14-5-3-4-13-6-7-16-17(20-12(2)21)9-8-15(11)19(16)18(13)14/h3-9,11H,10H2,1-2H3,(H,20,21). The Morgan fingerprint density at radius 3 is 2.76 bits per heavy atom. The first-order chi connectivity index (χ1) is 10.1. The maximum Gasteiger partial charge on any atom is 0.221 e. The molecule has 104 valence electrons. The Morgan fingerprint density at radius 1 is 1.10 bits per heavy atom. The van der Waals surface area contributed by atoms with Crippen molar-refractivity contribution in [3.8, 4) is 0 Å². The van der Waals surface area contributed by atoms with Gasteiger partial charge in [0.2, 0.25) is 5.91 Å². The summed E-state index contributed by atoms with van der Waals surface area (Å²) in [5.74, 6) is 0.488. The van der Waals surface area contributed by atoms with E-state index in [-0.39, 0.29) is 5.91 Å². The smallest absolute Gasteiger partial charge is 0.221 e. The van der Waals surface area contributed by atoms with Gasteiger partial charge in [0, 0.05) is 18.0 Å². The minimum Gasteiger partial charge on any atom is -0.326 e. The first-order valence-corrected chi connectivity index (χ1v) is 7.40. The Bertz CT molecular complexity index is 895. The molecule has 3 aromatic carbocycles.